The van der Waals surface area contributed by atoms with Crippen molar-refractivity contribution in [2.75, 3.05) is 11.5 Å². The molecular formula is C12H15NO5S2. The average Bonchev–Trinajstić information content (AvgIpc) is 2.96. The number of thiophene rings is 1. The van der Waals surface area contributed by atoms with E-state index in [0.29, 0.717) is 6.42 Å². The molecule has 110 valence electrons. The lowest BCUT2D eigenvalue weighted by Gasteiger charge is -2.17. The lowest BCUT2D eigenvalue weighted by molar-refractivity contribution is -0.137. The summed E-state index contributed by atoms with van der Waals surface area (Å²) in [6.07, 6.45) is 0.0874. The molecule has 8 heteroatoms. The maximum Gasteiger partial charge on any atom is 0.305 e. The van der Waals surface area contributed by atoms with Gasteiger partial charge in [0, 0.05) is 4.88 Å². The van der Waals surface area contributed by atoms with Crippen LogP contribution in [0, 0.1) is 5.92 Å². The number of hydrogen-bond acceptors (Lipinski definition) is 5. The van der Waals surface area contributed by atoms with Gasteiger partial charge >= 0.3 is 5.97 Å². The zero-order valence-corrected chi connectivity index (χ0v) is 12.2. The highest BCUT2D eigenvalue weighted by Crippen LogP contribution is 2.24. The largest absolute Gasteiger partial charge is 0.481 e. The molecule has 1 aliphatic heterocycles. The Kier molecular flexibility index (Phi) is 4.44. The van der Waals surface area contributed by atoms with Crippen LogP contribution >= 0.6 is 11.3 Å². The number of aliphatic carboxylic acids is 1. The second kappa shape index (κ2) is 5.92. The zero-order valence-electron chi connectivity index (χ0n) is 10.6. The summed E-state index contributed by atoms with van der Waals surface area (Å²) in [5, 5.41) is 13.4. The highest BCUT2D eigenvalue weighted by molar-refractivity contribution is 7.91. The summed E-state index contributed by atoms with van der Waals surface area (Å²) in [6, 6.07) is 2.92. The molecule has 1 aromatic rings. The van der Waals surface area contributed by atoms with Crippen molar-refractivity contribution in [3.8, 4) is 0 Å². The van der Waals surface area contributed by atoms with Crippen molar-refractivity contribution in [3.05, 3.63) is 22.4 Å². The van der Waals surface area contributed by atoms with Crippen LogP contribution in [0.5, 0.6) is 0 Å². The quantitative estimate of drug-likeness (QED) is 0.837. The Hall–Kier alpha value is -1.41. The molecule has 0 aromatic carbocycles. The molecule has 0 aliphatic carbocycles. The lowest BCUT2D eigenvalue weighted by Crippen LogP contribution is -2.35. The van der Waals surface area contributed by atoms with Crippen LogP contribution in [0.2, 0.25) is 0 Å². The minimum atomic E-state index is -3.13. The third-order valence-corrected chi connectivity index (χ3v) is 5.94. The third-order valence-electron chi connectivity index (χ3n) is 3.19. The molecule has 1 amide bonds. The van der Waals surface area contributed by atoms with Crippen LogP contribution in [-0.4, -0.2) is 36.9 Å². The number of carboxylic acid groups (broad SMARTS) is 1. The minimum Gasteiger partial charge on any atom is -0.481 e. The fourth-order valence-corrected chi connectivity index (χ4v) is 4.70. The fraction of sp³-hybridized carbons (Fsp3) is 0.500. The van der Waals surface area contributed by atoms with E-state index in [9.17, 15) is 18.0 Å². The first kappa shape index (κ1) is 15.0. The lowest BCUT2D eigenvalue weighted by atomic mass is 10.1. The molecule has 2 heterocycles. The predicted molar refractivity (Wildman–Crippen MR) is 74.2 cm³/mol. The molecule has 6 nitrogen and oxygen atoms in total. The number of amides is 1. The van der Waals surface area contributed by atoms with Gasteiger partial charge in [-0.25, -0.2) is 8.42 Å². The molecule has 2 rings (SSSR count). The molecule has 1 saturated heterocycles. The standard InChI is InChI=1S/C12H15NO5S2/c14-11(15)6-9(10-2-1-4-19-10)13-12(16)8-3-5-20(17,18)7-8/h1-2,4,8-9H,3,5-7H2,(H,13,16)(H,14,15). The molecule has 1 aliphatic rings. The number of carbonyl (C=O) groups excluding carboxylic acids is 1. The van der Waals surface area contributed by atoms with Crippen molar-refractivity contribution in [2.45, 2.75) is 18.9 Å². The van der Waals surface area contributed by atoms with Crippen LogP contribution in [0.3, 0.4) is 0 Å². The summed E-state index contributed by atoms with van der Waals surface area (Å²) in [7, 11) is -3.13. The predicted octanol–water partition coefficient (Wildman–Crippen LogP) is 0.815. The van der Waals surface area contributed by atoms with Crippen LogP contribution in [0.1, 0.15) is 23.8 Å². The van der Waals surface area contributed by atoms with Crippen molar-refractivity contribution in [1.29, 1.82) is 0 Å². The molecule has 1 fully saturated rings. The van der Waals surface area contributed by atoms with Crippen LogP contribution in [0.25, 0.3) is 0 Å². The zero-order chi connectivity index (χ0) is 14.8. The van der Waals surface area contributed by atoms with E-state index in [4.69, 9.17) is 5.11 Å². The van der Waals surface area contributed by atoms with Gasteiger partial charge in [0.05, 0.1) is 29.9 Å². The van der Waals surface area contributed by atoms with Gasteiger partial charge in [0.1, 0.15) is 0 Å². The molecule has 1 aromatic heterocycles. The van der Waals surface area contributed by atoms with E-state index in [0.717, 1.165) is 4.88 Å². The van der Waals surface area contributed by atoms with Gasteiger partial charge < -0.3 is 10.4 Å². The Morgan fingerprint density at radius 3 is 2.75 bits per heavy atom. The van der Waals surface area contributed by atoms with Gasteiger partial charge in [-0.2, -0.15) is 0 Å². The smallest absolute Gasteiger partial charge is 0.305 e. The summed E-state index contributed by atoms with van der Waals surface area (Å²) in [5.41, 5.74) is 0. The van der Waals surface area contributed by atoms with E-state index in [1.165, 1.54) is 11.3 Å². The molecule has 0 bridgehead atoms. The molecule has 20 heavy (non-hydrogen) atoms. The molecule has 0 radical (unpaired) electrons. The first-order valence-corrected chi connectivity index (χ1v) is 8.83. The van der Waals surface area contributed by atoms with Gasteiger partial charge in [0.15, 0.2) is 9.84 Å². The molecule has 0 saturated carbocycles. The highest BCUT2D eigenvalue weighted by Gasteiger charge is 2.34. The summed E-state index contributed by atoms with van der Waals surface area (Å²) < 4.78 is 22.7. The van der Waals surface area contributed by atoms with Gasteiger partial charge in [-0.3, -0.25) is 9.59 Å². The SMILES string of the molecule is O=C(O)CC(NC(=O)C1CCS(=O)(=O)C1)c1cccs1. The highest BCUT2D eigenvalue weighted by atomic mass is 32.2. The van der Waals surface area contributed by atoms with Gasteiger partial charge in [0.25, 0.3) is 0 Å². The van der Waals surface area contributed by atoms with Crippen LogP contribution in [-0.2, 0) is 19.4 Å². The maximum absolute atomic E-state index is 12.1. The normalized spacial score (nSPS) is 22.3. The number of carbonyl (C=O) groups is 2. The fourth-order valence-electron chi connectivity index (χ4n) is 2.18. The van der Waals surface area contributed by atoms with Crippen molar-refractivity contribution in [3.63, 3.8) is 0 Å². The molecule has 2 N–H and O–H groups in total. The van der Waals surface area contributed by atoms with Crippen LogP contribution < -0.4 is 5.32 Å². The number of hydrogen-bond donors (Lipinski definition) is 2. The van der Waals surface area contributed by atoms with Gasteiger partial charge in [-0.15, -0.1) is 11.3 Å². The Labute approximate surface area is 120 Å². The Morgan fingerprint density at radius 1 is 1.50 bits per heavy atom. The number of sulfone groups is 1. The summed E-state index contributed by atoms with van der Waals surface area (Å²) in [4.78, 5) is 23.7. The van der Waals surface area contributed by atoms with Gasteiger partial charge in [0.2, 0.25) is 5.91 Å². The second-order valence-electron chi connectivity index (χ2n) is 4.77. The minimum absolute atomic E-state index is 0.0215. The van der Waals surface area contributed by atoms with E-state index in [2.05, 4.69) is 5.32 Å². The van der Waals surface area contributed by atoms with E-state index < -0.39 is 27.8 Å². The molecule has 2 unspecified atom stereocenters. The monoisotopic (exact) mass is 317 g/mol. The number of carboxylic acids is 1. The van der Waals surface area contributed by atoms with Crippen LogP contribution in [0.15, 0.2) is 17.5 Å². The summed E-state index contributed by atoms with van der Waals surface area (Å²) >= 11 is 1.36. The van der Waals surface area contributed by atoms with E-state index >= 15 is 0 Å². The first-order valence-electron chi connectivity index (χ1n) is 6.13. The number of rotatable bonds is 5. The van der Waals surface area contributed by atoms with Crippen molar-refractivity contribution < 1.29 is 23.1 Å². The van der Waals surface area contributed by atoms with Gasteiger partial charge in [-0.1, -0.05) is 6.07 Å². The maximum atomic E-state index is 12.1. The van der Waals surface area contributed by atoms with Crippen molar-refractivity contribution >= 4 is 33.1 Å². The molecular weight excluding hydrogens is 302 g/mol. The molecule has 0 spiro atoms. The Balaban J connectivity index is 2.05. The topological polar surface area (TPSA) is 101 Å². The van der Waals surface area contributed by atoms with E-state index in [1.54, 1.807) is 17.5 Å². The number of nitrogens with one attached hydrogen (secondary N) is 1. The van der Waals surface area contributed by atoms with Crippen molar-refractivity contribution in [2.24, 2.45) is 5.92 Å². The van der Waals surface area contributed by atoms with Crippen molar-refractivity contribution in [1.82, 2.24) is 5.32 Å². The Bertz CT molecular complexity index is 593. The first-order chi connectivity index (χ1) is 9.37. The second-order valence-corrected chi connectivity index (χ2v) is 7.98. The van der Waals surface area contributed by atoms with E-state index in [-0.39, 0.29) is 23.8 Å². The van der Waals surface area contributed by atoms with E-state index in [1.807, 2.05) is 0 Å². The van der Waals surface area contributed by atoms with Crippen LogP contribution in [0.4, 0.5) is 0 Å². The molecule has 2 atom stereocenters. The summed E-state index contributed by atoms with van der Waals surface area (Å²) in [6.45, 7) is 0. The third kappa shape index (κ3) is 3.80. The average molecular weight is 317 g/mol. The summed E-state index contributed by atoms with van der Waals surface area (Å²) in [5.74, 6) is -2.10. The Morgan fingerprint density at radius 2 is 2.25 bits per heavy atom. The van der Waals surface area contributed by atoms with Gasteiger partial charge in [-0.05, 0) is 17.9 Å².